The molecule has 2 aliphatic rings. The molecule has 0 spiro atoms. The lowest BCUT2D eigenvalue weighted by atomic mass is 9.96. The van der Waals surface area contributed by atoms with Crippen LogP contribution in [0.4, 0.5) is 0 Å². The summed E-state index contributed by atoms with van der Waals surface area (Å²) < 4.78 is 0. The number of para-hydroxylation sites is 1. The Balaban J connectivity index is 1.59. The van der Waals surface area contributed by atoms with E-state index in [-0.39, 0.29) is 64.2 Å². The van der Waals surface area contributed by atoms with Crippen LogP contribution in [0.25, 0.3) is 10.9 Å². The van der Waals surface area contributed by atoms with Crippen LogP contribution in [0.2, 0.25) is 0 Å². The van der Waals surface area contributed by atoms with Crippen molar-refractivity contribution in [3.8, 4) is 0 Å². The fourth-order valence-electron chi connectivity index (χ4n) is 8.72. The molecular weight excluding hydrogens is 923 g/mol. The first-order valence-electron chi connectivity index (χ1n) is 24.2. The van der Waals surface area contributed by atoms with E-state index >= 15 is 0 Å². The predicted molar refractivity (Wildman–Crippen MR) is 261 cm³/mol. The number of carboxylic acid groups (broad SMARTS) is 1. The van der Waals surface area contributed by atoms with Crippen LogP contribution in [0.5, 0.6) is 0 Å². The lowest BCUT2D eigenvalue weighted by Gasteiger charge is -2.34. The maximum absolute atomic E-state index is 14.5. The van der Waals surface area contributed by atoms with Gasteiger partial charge in [0, 0.05) is 43.2 Å². The predicted octanol–water partition coefficient (Wildman–Crippen LogP) is -2.20. The Labute approximate surface area is 412 Å². The van der Waals surface area contributed by atoms with Gasteiger partial charge < -0.3 is 74.1 Å². The Morgan fingerprint density at radius 2 is 1.38 bits per heavy atom. The number of amides is 8. The molecule has 24 nitrogen and oxygen atoms in total. The number of hydrogen-bond acceptors (Lipinski definition) is 12. The van der Waals surface area contributed by atoms with E-state index in [1.54, 1.807) is 33.9 Å². The number of carbonyl (C=O) groups excluding carboxylic acids is 8. The van der Waals surface area contributed by atoms with Crippen LogP contribution < -0.4 is 49.1 Å². The number of carboxylic acids is 1. The molecule has 0 saturated carbocycles. The number of guanidine groups is 1. The summed E-state index contributed by atoms with van der Waals surface area (Å²) in [5.74, 6) is -8.01. The number of aliphatic hydroxyl groups excluding tert-OH is 1. The normalized spacial score (nSPS) is 19.0. The lowest BCUT2D eigenvalue weighted by molar-refractivity contribution is -0.150. The van der Waals surface area contributed by atoms with Crippen LogP contribution in [0.15, 0.2) is 35.5 Å². The van der Waals surface area contributed by atoms with Crippen molar-refractivity contribution in [1.29, 1.82) is 0 Å². The fraction of sp³-hybridized carbons (Fsp3) is 0.617. The van der Waals surface area contributed by atoms with E-state index in [0.29, 0.717) is 24.8 Å². The summed E-state index contributed by atoms with van der Waals surface area (Å²) >= 11 is 0. The third-order valence-corrected chi connectivity index (χ3v) is 13.0. The average Bonchev–Trinajstić information content (AvgIpc) is 4.12. The molecule has 2 fully saturated rings. The van der Waals surface area contributed by atoms with Gasteiger partial charge in [-0.15, -0.1) is 0 Å². The van der Waals surface area contributed by atoms with Crippen molar-refractivity contribution in [2.45, 2.75) is 147 Å². The van der Waals surface area contributed by atoms with Crippen molar-refractivity contribution in [2.75, 3.05) is 26.2 Å². The van der Waals surface area contributed by atoms with E-state index in [1.165, 1.54) is 23.6 Å². The molecule has 392 valence electrons. The van der Waals surface area contributed by atoms with Crippen molar-refractivity contribution in [3.05, 3.63) is 36.0 Å². The minimum absolute atomic E-state index is 0.0276. The third-order valence-electron chi connectivity index (χ3n) is 13.0. The van der Waals surface area contributed by atoms with Gasteiger partial charge in [0.1, 0.15) is 48.3 Å². The molecule has 15 N–H and O–H groups in total. The standard InChI is InChI=1S/C47H73N13O11/c1-7-25(4)37(57-40(64)32(21-28-23-52-30-14-9-8-13-29(28)30)55-42(66)36(24(2)3)56-35(62)22-48)43(67)54-31(15-10-18-51-47(49)50)39(63)58-38(27(6)61)45(69)60-20-12-17-34(60)44(68)59-19-11-16-33(59)41(65)53-26(5)46(70)71/h8-9,13-14,23-27,31-34,36-38,52,61H,7,10-12,15-22,48H2,1-6H3,(H,53,65)(H,54,67)(H,55,66)(H,56,62)(H,57,64)(H,58,63)(H,70,71)(H4,49,50,51)/t25-,26-,27+,31-,32-,33-,34-,36-,37-,38-/m0/s1. The van der Waals surface area contributed by atoms with Crippen LogP contribution in [-0.2, 0) is 49.6 Å². The number of aliphatic imine (C=N–C) groups is 1. The van der Waals surface area contributed by atoms with Crippen LogP contribution in [0.1, 0.15) is 92.1 Å². The highest BCUT2D eigenvalue weighted by molar-refractivity contribution is 5.99. The largest absolute Gasteiger partial charge is 0.480 e. The molecule has 4 rings (SSSR count). The van der Waals surface area contributed by atoms with Gasteiger partial charge in [-0.1, -0.05) is 52.3 Å². The first kappa shape index (κ1) is 56.8. The van der Waals surface area contributed by atoms with E-state index in [2.05, 4.69) is 41.9 Å². The topological polar surface area (TPSA) is 379 Å². The van der Waals surface area contributed by atoms with Crippen LogP contribution in [0, 0.1) is 11.8 Å². The minimum atomic E-state index is -1.61. The number of nitrogens with one attached hydrogen (secondary N) is 7. The van der Waals surface area contributed by atoms with Gasteiger partial charge in [-0.25, -0.2) is 0 Å². The quantitative estimate of drug-likeness (QED) is 0.0286. The molecule has 71 heavy (non-hydrogen) atoms. The number of aromatic nitrogens is 1. The van der Waals surface area contributed by atoms with E-state index in [9.17, 15) is 53.4 Å². The van der Waals surface area contributed by atoms with Gasteiger partial charge in [-0.3, -0.25) is 48.1 Å². The van der Waals surface area contributed by atoms with Gasteiger partial charge in [-0.2, -0.15) is 0 Å². The molecule has 1 aromatic heterocycles. The Morgan fingerprint density at radius 3 is 2.00 bits per heavy atom. The van der Waals surface area contributed by atoms with Crippen molar-refractivity contribution in [1.82, 2.24) is 46.7 Å². The molecule has 24 heteroatoms. The summed E-state index contributed by atoms with van der Waals surface area (Å²) in [4.78, 5) is 132. The second-order valence-electron chi connectivity index (χ2n) is 18.7. The molecule has 2 aromatic rings. The number of rotatable bonds is 25. The summed E-state index contributed by atoms with van der Waals surface area (Å²) in [6, 6.07) is -2.46. The number of hydrogen-bond donors (Lipinski definition) is 12. The number of H-pyrrole nitrogens is 1. The highest BCUT2D eigenvalue weighted by Gasteiger charge is 2.45. The summed E-state index contributed by atoms with van der Waals surface area (Å²) in [7, 11) is 0. The molecule has 3 heterocycles. The summed E-state index contributed by atoms with van der Waals surface area (Å²) in [5, 5.41) is 37.0. The Morgan fingerprint density at radius 1 is 0.775 bits per heavy atom. The van der Waals surface area contributed by atoms with Gasteiger partial charge in [0.15, 0.2) is 5.96 Å². The maximum Gasteiger partial charge on any atom is 0.325 e. The zero-order valence-corrected chi connectivity index (χ0v) is 41.4. The smallest absolute Gasteiger partial charge is 0.325 e. The molecular formula is C47H73N13O11. The van der Waals surface area contributed by atoms with Crippen LogP contribution >= 0.6 is 0 Å². The zero-order valence-electron chi connectivity index (χ0n) is 41.4. The second-order valence-corrected chi connectivity index (χ2v) is 18.7. The fourth-order valence-corrected chi connectivity index (χ4v) is 8.72. The van der Waals surface area contributed by atoms with Crippen molar-refractivity contribution in [3.63, 3.8) is 0 Å². The van der Waals surface area contributed by atoms with E-state index in [4.69, 9.17) is 17.2 Å². The van der Waals surface area contributed by atoms with Crippen molar-refractivity contribution < 1.29 is 53.4 Å². The van der Waals surface area contributed by atoms with Crippen molar-refractivity contribution in [2.24, 2.45) is 34.0 Å². The average molecular weight is 996 g/mol. The lowest BCUT2D eigenvalue weighted by Crippen LogP contribution is -2.62. The first-order valence-corrected chi connectivity index (χ1v) is 24.2. The molecule has 2 aliphatic heterocycles. The Kier molecular flexibility index (Phi) is 21.1. The Bertz CT molecular complexity index is 2260. The first-order chi connectivity index (χ1) is 33.6. The van der Waals surface area contributed by atoms with E-state index in [1.807, 2.05) is 24.3 Å². The van der Waals surface area contributed by atoms with Gasteiger partial charge in [0.2, 0.25) is 47.3 Å². The van der Waals surface area contributed by atoms with Crippen LogP contribution in [0.3, 0.4) is 0 Å². The molecule has 1 aromatic carbocycles. The van der Waals surface area contributed by atoms with Gasteiger partial charge >= 0.3 is 5.97 Å². The molecule has 8 amide bonds. The Hall–Kier alpha value is -6.82. The molecule has 0 aliphatic carbocycles. The molecule has 0 bridgehead atoms. The molecule has 0 unspecified atom stereocenters. The number of fused-ring (bicyclic) bond motifs is 1. The van der Waals surface area contributed by atoms with Crippen molar-refractivity contribution >= 4 is 70.1 Å². The number of carbonyl (C=O) groups is 9. The van der Waals surface area contributed by atoms with Gasteiger partial charge in [0.05, 0.1) is 12.6 Å². The monoisotopic (exact) mass is 996 g/mol. The summed E-state index contributed by atoms with van der Waals surface area (Å²) in [6.07, 6.45) is 2.00. The summed E-state index contributed by atoms with van der Waals surface area (Å²) in [5.41, 5.74) is 18.0. The highest BCUT2D eigenvalue weighted by Crippen LogP contribution is 2.27. The third kappa shape index (κ3) is 15.3. The second kappa shape index (κ2) is 26.4. The maximum atomic E-state index is 14.5. The number of likely N-dealkylation sites (tertiary alicyclic amines) is 2. The number of aliphatic carboxylic acids is 1. The van der Waals surface area contributed by atoms with Gasteiger partial charge in [-0.05, 0) is 75.8 Å². The molecule has 0 radical (unpaired) electrons. The van der Waals surface area contributed by atoms with E-state index in [0.717, 1.165) is 10.9 Å². The molecule has 2 saturated heterocycles. The SMILES string of the molecule is CC[C@H](C)[C@H](NC(=O)[C@H](Cc1c[nH]c2ccccc12)NC(=O)[C@@H](NC(=O)CN)C(C)C)C(=O)N[C@@H](CCCN=C(N)N)C(=O)N[C@H](C(=O)N1CCC[C@H]1C(=O)N1CCC[C@H]1C(=O)N[C@@H](C)C(=O)O)[C@@H](C)O. The number of aliphatic hydroxyl groups is 1. The number of aromatic amines is 1. The number of benzene rings is 1. The highest BCUT2D eigenvalue weighted by atomic mass is 16.4. The summed E-state index contributed by atoms with van der Waals surface area (Å²) in [6.45, 7) is 9.49. The molecule has 10 atom stereocenters. The number of nitrogens with zero attached hydrogens (tertiary/aromatic N) is 3. The minimum Gasteiger partial charge on any atom is -0.480 e. The van der Waals surface area contributed by atoms with Crippen LogP contribution in [-0.4, -0.2) is 165 Å². The van der Waals surface area contributed by atoms with Gasteiger partial charge in [0.25, 0.3) is 0 Å². The van der Waals surface area contributed by atoms with E-state index < -0.39 is 120 Å². The number of nitrogens with two attached hydrogens (primary N) is 3. The zero-order chi connectivity index (χ0) is 52.7.